The third-order valence-electron chi connectivity index (χ3n) is 6.07. The van der Waals surface area contributed by atoms with Gasteiger partial charge in [-0.3, -0.25) is 0 Å². The molecule has 0 aromatic carbocycles. The maximum absolute atomic E-state index is 10.4. The number of fused-ring (bicyclic) bond motifs is 4. The predicted molar refractivity (Wildman–Crippen MR) is 92.5 cm³/mol. The van der Waals surface area contributed by atoms with Gasteiger partial charge in [-0.25, -0.2) is 9.29 Å². The Morgan fingerprint density at radius 1 is 1.35 bits per heavy atom. The molecule has 2 aromatic rings. The Morgan fingerprint density at radius 2 is 2.13 bits per heavy atom. The van der Waals surface area contributed by atoms with Gasteiger partial charge < -0.3 is 14.7 Å². The Labute approximate surface area is 140 Å². The summed E-state index contributed by atoms with van der Waals surface area (Å²) < 4.78 is 8.57. The molecular formula is C16H20BN3O2S. The van der Waals surface area contributed by atoms with Crippen LogP contribution in [0.2, 0.25) is 0 Å². The van der Waals surface area contributed by atoms with Gasteiger partial charge in [0.2, 0.25) is 0 Å². The van der Waals surface area contributed by atoms with Crippen LogP contribution in [0.1, 0.15) is 31.2 Å². The van der Waals surface area contributed by atoms with E-state index in [9.17, 15) is 5.02 Å². The fourth-order valence-corrected chi connectivity index (χ4v) is 5.56. The van der Waals surface area contributed by atoms with Gasteiger partial charge in [-0.15, -0.1) is 0 Å². The molecule has 1 saturated heterocycles. The van der Waals surface area contributed by atoms with Crippen LogP contribution in [0.5, 0.6) is 0 Å². The molecule has 2 aliphatic heterocycles. The number of hydrogen-bond acceptors (Lipinski definition) is 5. The Bertz CT molecular complexity index is 764. The number of nitrogens with zero attached hydrogens (tertiary/aromatic N) is 2. The van der Waals surface area contributed by atoms with Gasteiger partial charge in [0, 0.05) is 36.3 Å². The summed E-state index contributed by atoms with van der Waals surface area (Å²) in [5.74, 6) is 0. The lowest BCUT2D eigenvalue weighted by atomic mass is 9.63. The van der Waals surface area contributed by atoms with Crippen molar-refractivity contribution in [3.63, 3.8) is 0 Å². The quantitative estimate of drug-likeness (QED) is 0.615. The lowest BCUT2D eigenvalue weighted by molar-refractivity contribution is -0.0570. The molecule has 120 valence electrons. The molecule has 0 bridgehead atoms. The van der Waals surface area contributed by atoms with E-state index in [0.717, 1.165) is 29.3 Å². The van der Waals surface area contributed by atoms with Gasteiger partial charge in [-0.05, 0) is 49.0 Å². The van der Waals surface area contributed by atoms with Gasteiger partial charge in [0.25, 0.3) is 0 Å². The van der Waals surface area contributed by atoms with Crippen molar-refractivity contribution in [2.24, 2.45) is 5.41 Å². The zero-order chi connectivity index (χ0) is 15.7. The average Bonchev–Trinajstić information content (AvgIpc) is 3.10. The smallest absolute Gasteiger partial charge is 0.423 e. The average molecular weight is 329 g/mol. The van der Waals surface area contributed by atoms with E-state index >= 15 is 0 Å². The van der Waals surface area contributed by atoms with Crippen molar-refractivity contribution in [2.75, 3.05) is 19.3 Å². The van der Waals surface area contributed by atoms with Gasteiger partial charge >= 0.3 is 7.12 Å². The zero-order valence-corrected chi connectivity index (χ0v) is 14.0. The third kappa shape index (κ3) is 1.91. The fourth-order valence-electron chi connectivity index (χ4n) is 4.75. The Morgan fingerprint density at radius 3 is 2.87 bits per heavy atom. The van der Waals surface area contributed by atoms with E-state index < -0.39 is 7.12 Å². The van der Waals surface area contributed by atoms with E-state index in [1.807, 2.05) is 18.1 Å². The minimum Gasteiger partial charge on any atom is -0.423 e. The summed E-state index contributed by atoms with van der Waals surface area (Å²) >= 11 is 1.84. The summed E-state index contributed by atoms with van der Waals surface area (Å²) in [6.45, 7) is 2.38. The molecule has 2 N–H and O–H groups in total. The molecule has 4 heterocycles. The molecule has 3 aliphatic rings. The number of rotatable bonds is 1. The molecule has 5 nitrogen and oxygen atoms in total. The summed E-state index contributed by atoms with van der Waals surface area (Å²) in [6.07, 6.45) is 10.2. The van der Waals surface area contributed by atoms with Crippen LogP contribution in [0.3, 0.4) is 0 Å². The van der Waals surface area contributed by atoms with Crippen LogP contribution in [-0.2, 0) is 10.3 Å². The van der Waals surface area contributed by atoms with Crippen LogP contribution >= 0.6 is 11.9 Å². The Hall–Kier alpha value is -1.02. The van der Waals surface area contributed by atoms with Crippen molar-refractivity contribution in [3.05, 3.63) is 24.0 Å². The molecule has 2 aromatic heterocycles. The summed E-state index contributed by atoms with van der Waals surface area (Å²) in [7, 11) is -0.838. The highest BCUT2D eigenvalue weighted by molar-refractivity contribution is 7.96. The number of H-pyrrole nitrogens is 1. The molecule has 1 saturated carbocycles. The van der Waals surface area contributed by atoms with Crippen LogP contribution in [0.4, 0.5) is 0 Å². The first kappa shape index (κ1) is 14.3. The van der Waals surface area contributed by atoms with Crippen LogP contribution in [0.25, 0.3) is 11.0 Å². The highest BCUT2D eigenvalue weighted by Crippen LogP contribution is 2.54. The van der Waals surface area contributed by atoms with E-state index in [4.69, 9.17) is 4.65 Å². The first-order chi connectivity index (χ1) is 11.1. The molecule has 2 spiro atoms. The number of nitrogens with one attached hydrogen (secondary N) is 1. The number of aromatic nitrogens is 2. The predicted octanol–water partition coefficient (Wildman–Crippen LogP) is 1.63. The van der Waals surface area contributed by atoms with E-state index in [-0.39, 0.29) is 5.60 Å². The molecule has 5 rings (SSSR count). The molecule has 0 radical (unpaired) electrons. The van der Waals surface area contributed by atoms with Crippen molar-refractivity contribution in [1.82, 2.24) is 14.3 Å². The van der Waals surface area contributed by atoms with Gasteiger partial charge in [0.1, 0.15) is 5.65 Å². The molecule has 2 fully saturated rings. The van der Waals surface area contributed by atoms with Crippen LogP contribution in [0, 0.1) is 5.41 Å². The normalized spacial score (nSPS) is 25.2. The van der Waals surface area contributed by atoms with Crippen molar-refractivity contribution in [2.45, 2.75) is 31.3 Å². The highest BCUT2D eigenvalue weighted by Gasteiger charge is 2.55. The number of aromatic amines is 1. The van der Waals surface area contributed by atoms with E-state index in [2.05, 4.69) is 26.6 Å². The van der Waals surface area contributed by atoms with Crippen molar-refractivity contribution in [3.8, 4) is 0 Å². The molecule has 0 amide bonds. The summed E-state index contributed by atoms with van der Waals surface area (Å²) in [5, 5.41) is 11.5. The van der Waals surface area contributed by atoms with Crippen LogP contribution in [0.15, 0.2) is 18.5 Å². The van der Waals surface area contributed by atoms with Gasteiger partial charge in [0.15, 0.2) is 0 Å². The minimum atomic E-state index is -0.838. The second-order valence-corrected chi connectivity index (χ2v) is 8.16. The van der Waals surface area contributed by atoms with Gasteiger partial charge in [-0.1, -0.05) is 11.9 Å². The van der Waals surface area contributed by atoms with Crippen molar-refractivity contribution < 1.29 is 9.68 Å². The maximum Gasteiger partial charge on any atom is 0.493 e. The second-order valence-electron chi connectivity index (χ2n) is 7.27. The largest absolute Gasteiger partial charge is 0.493 e. The fraction of sp³-hybridized carbons (Fsp3) is 0.562. The van der Waals surface area contributed by atoms with Crippen LogP contribution < -0.4 is 5.46 Å². The summed E-state index contributed by atoms with van der Waals surface area (Å²) in [5.41, 5.74) is 3.05. The van der Waals surface area contributed by atoms with Crippen LogP contribution in [-0.4, -0.2) is 45.8 Å². The van der Waals surface area contributed by atoms with Gasteiger partial charge in [-0.2, -0.15) is 0 Å². The topological polar surface area (TPSA) is 61.4 Å². The van der Waals surface area contributed by atoms with Gasteiger partial charge in [0.05, 0.1) is 5.60 Å². The van der Waals surface area contributed by atoms with E-state index in [1.54, 1.807) is 6.20 Å². The number of pyridine rings is 1. The lowest BCUT2D eigenvalue weighted by Gasteiger charge is -2.54. The summed E-state index contributed by atoms with van der Waals surface area (Å²) in [4.78, 5) is 7.59. The standard InChI is InChI=1S/C16H20BN3O2S/c1-23-20-9-15(10-20)3-5-16(6-4-15)13-11-2-7-18-14(11)19-8-12(13)17(21)22-16/h2,7-8,21H,3-6,9-10H2,1H3,(H,18,19). The molecule has 7 heteroatoms. The maximum atomic E-state index is 10.4. The molecule has 0 unspecified atom stereocenters. The molecule has 0 atom stereocenters. The van der Waals surface area contributed by atoms with E-state index in [1.165, 1.54) is 31.5 Å². The molecule has 23 heavy (non-hydrogen) atoms. The first-order valence-electron chi connectivity index (χ1n) is 8.26. The third-order valence-corrected chi connectivity index (χ3v) is 6.85. The lowest BCUT2D eigenvalue weighted by Crippen LogP contribution is -2.56. The highest BCUT2D eigenvalue weighted by atomic mass is 32.2. The Kier molecular flexibility index (Phi) is 2.96. The monoisotopic (exact) mass is 329 g/mol. The van der Waals surface area contributed by atoms with Crippen molar-refractivity contribution in [1.29, 1.82) is 0 Å². The first-order valence-corrected chi connectivity index (χ1v) is 9.44. The van der Waals surface area contributed by atoms with Crippen molar-refractivity contribution >= 4 is 35.6 Å². The minimum absolute atomic E-state index is 0.330. The molecular weight excluding hydrogens is 309 g/mol. The Balaban J connectivity index is 1.51. The molecule has 1 aliphatic carbocycles. The second kappa shape index (κ2) is 4.75. The zero-order valence-electron chi connectivity index (χ0n) is 13.2. The summed E-state index contributed by atoms with van der Waals surface area (Å²) in [6, 6.07) is 2.06. The number of hydrogen-bond donors (Lipinski definition) is 2. The van der Waals surface area contributed by atoms with E-state index in [0.29, 0.717) is 5.41 Å². The SMILES string of the molecule is CSN1CC2(CCC3(CC2)OB(O)c2cnc4[nH]ccc4c23)C1.